The molecule has 2 aliphatic rings. The minimum absolute atomic E-state index is 0.706. The molecule has 0 aliphatic heterocycles. The van der Waals surface area contributed by atoms with Crippen molar-refractivity contribution in [3.63, 3.8) is 0 Å². The van der Waals surface area contributed by atoms with Gasteiger partial charge in [0.1, 0.15) is 0 Å². The van der Waals surface area contributed by atoms with Crippen molar-refractivity contribution in [1.82, 2.24) is 0 Å². The molecule has 0 aromatic heterocycles. The monoisotopic (exact) mass is 261 g/mol. The Kier molecular flexibility index (Phi) is 3.83. The summed E-state index contributed by atoms with van der Waals surface area (Å²) in [6.07, 6.45) is 10.8. The van der Waals surface area contributed by atoms with E-state index in [-0.39, 0.29) is 0 Å². The molecule has 0 saturated heterocycles. The highest BCUT2D eigenvalue weighted by atomic mass is 32.2. The van der Waals surface area contributed by atoms with Crippen LogP contribution < -0.4 is 5.32 Å². The second kappa shape index (κ2) is 5.56. The van der Waals surface area contributed by atoms with Crippen LogP contribution in [0.5, 0.6) is 0 Å². The first-order valence-electron chi connectivity index (χ1n) is 7.26. The van der Waals surface area contributed by atoms with Gasteiger partial charge in [0.05, 0.1) is 0 Å². The highest BCUT2D eigenvalue weighted by molar-refractivity contribution is 7.98. The lowest BCUT2D eigenvalue weighted by atomic mass is 9.82. The Bertz CT molecular complexity index is 400. The Labute approximate surface area is 115 Å². The lowest BCUT2D eigenvalue weighted by Crippen LogP contribution is -2.28. The van der Waals surface area contributed by atoms with Crippen LogP contribution in [0.4, 0.5) is 5.69 Å². The quantitative estimate of drug-likeness (QED) is 0.782. The molecule has 0 radical (unpaired) electrons. The minimum Gasteiger partial charge on any atom is -0.381 e. The summed E-state index contributed by atoms with van der Waals surface area (Å²) in [6.45, 7) is 0. The van der Waals surface area contributed by atoms with Crippen molar-refractivity contribution in [2.45, 2.75) is 49.5 Å². The lowest BCUT2D eigenvalue weighted by Gasteiger charge is -2.31. The molecule has 0 heterocycles. The molecule has 2 heteroatoms. The Morgan fingerprint density at radius 1 is 1.06 bits per heavy atom. The fraction of sp³-hybridized carbons (Fsp3) is 0.625. The van der Waals surface area contributed by atoms with E-state index in [9.17, 15) is 0 Å². The fourth-order valence-electron chi connectivity index (χ4n) is 3.34. The maximum atomic E-state index is 3.79. The van der Waals surface area contributed by atoms with Gasteiger partial charge in [-0.25, -0.2) is 0 Å². The number of hydrogen-bond donors (Lipinski definition) is 1. The maximum absolute atomic E-state index is 3.79. The van der Waals surface area contributed by atoms with Gasteiger partial charge in [0.2, 0.25) is 0 Å². The van der Waals surface area contributed by atoms with Crippen molar-refractivity contribution in [3.05, 3.63) is 24.3 Å². The van der Waals surface area contributed by atoms with Crippen LogP contribution in [-0.2, 0) is 0 Å². The summed E-state index contributed by atoms with van der Waals surface area (Å²) in [7, 11) is 0. The second-order valence-corrected chi connectivity index (χ2v) is 6.65. The molecule has 1 N–H and O–H groups in total. The van der Waals surface area contributed by atoms with Crippen LogP contribution >= 0.6 is 11.8 Å². The van der Waals surface area contributed by atoms with E-state index in [1.165, 1.54) is 49.1 Å². The number of anilines is 1. The van der Waals surface area contributed by atoms with Gasteiger partial charge in [0.25, 0.3) is 0 Å². The SMILES string of the molecule is CSc1ccccc1NC1CCCC(C2CC2)C1. The third kappa shape index (κ3) is 2.85. The summed E-state index contributed by atoms with van der Waals surface area (Å²) in [5, 5.41) is 3.79. The average Bonchev–Trinajstić information content (AvgIpc) is 3.24. The number of rotatable bonds is 4. The van der Waals surface area contributed by atoms with E-state index in [0.29, 0.717) is 6.04 Å². The Balaban J connectivity index is 1.64. The summed E-state index contributed by atoms with van der Waals surface area (Å²) in [4.78, 5) is 1.38. The van der Waals surface area contributed by atoms with Crippen LogP contribution in [0.25, 0.3) is 0 Å². The minimum atomic E-state index is 0.706. The molecule has 2 saturated carbocycles. The van der Waals surface area contributed by atoms with Crippen molar-refractivity contribution < 1.29 is 0 Å². The molecule has 1 aromatic rings. The van der Waals surface area contributed by atoms with Gasteiger partial charge in [0.15, 0.2) is 0 Å². The van der Waals surface area contributed by atoms with Gasteiger partial charge in [-0.15, -0.1) is 11.8 Å². The maximum Gasteiger partial charge on any atom is 0.0480 e. The number of para-hydroxylation sites is 1. The van der Waals surface area contributed by atoms with Crippen molar-refractivity contribution in [2.24, 2.45) is 11.8 Å². The van der Waals surface area contributed by atoms with E-state index >= 15 is 0 Å². The smallest absolute Gasteiger partial charge is 0.0480 e. The summed E-state index contributed by atoms with van der Waals surface area (Å²) in [5.74, 6) is 2.09. The molecule has 2 aliphatic carbocycles. The first kappa shape index (κ1) is 12.4. The number of benzene rings is 1. The molecule has 3 rings (SSSR count). The highest BCUT2D eigenvalue weighted by Gasteiger charge is 2.34. The Hall–Kier alpha value is -0.630. The van der Waals surface area contributed by atoms with Crippen LogP contribution in [0.15, 0.2) is 29.2 Å². The molecule has 98 valence electrons. The topological polar surface area (TPSA) is 12.0 Å². The van der Waals surface area contributed by atoms with Crippen LogP contribution in [0, 0.1) is 11.8 Å². The number of nitrogens with one attached hydrogen (secondary N) is 1. The van der Waals surface area contributed by atoms with E-state index in [0.717, 1.165) is 11.8 Å². The largest absolute Gasteiger partial charge is 0.381 e. The van der Waals surface area contributed by atoms with Gasteiger partial charge in [-0.2, -0.15) is 0 Å². The second-order valence-electron chi connectivity index (χ2n) is 5.81. The van der Waals surface area contributed by atoms with Crippen molar-refractivity contribution in [3.8, 4) is 0 Å². The van der Waals surface area contributed by atoms with E-state index in [1.54, 1.807) is 0 Å². The summed E-state index contributed by atoms with van der Waals surface area (Å²) >= 11 is 1.84. The van der Waals surface area contributed by atoms with Gasteiger partial charge < -0.3 is 5.32 Å². The lowest BCUT2D eigenvalue weighted by molar-refractivity contribution is 0.303. The number of thioether (sulfide) groups is 1. The molecular formula is C16H23NS. The van der Waals surface area contributed by atoms with Gasteiger partial charge in [-0.3, -0.25) is 0 Å². The van der Waals surface area contributed by atoms with Crippen LogP contribution in [0.3, 0.4) is 0 Å². The predicted molar refractivity (Wildman–Crippen MR) is 80.3 cm³/mol. The molecule has 1 nitrogen and oxygen atoms in total. The molecule has 2 fully saturated rings. The van der Waals surface area contributed by atoms with Gasteiger partial charge in [-0.05, 0) is 55.9 Å². The van der Waals surface area contributed by atoms with E-state index in [2.05, 4.69) is 35.8 Å². The molecule has 0 spiro atoms. The van der Waals surface area contributed by atoms with Crippen LogP contribution in [0.2, 0.25) is 0 Å². The molecule has 18 heavy (non-hydrogen) atoms. The molecule has 1 aromatic carbocycles. The third-order valence-electron chi connectivity index (χ3n) is 4.47. The molecular weight excluding hydrogens is 238 g/mol. The zero-order valence-corrected chi connectivity index (χ0v) is 12.0. The van der Waals surface area contributed by atoms with E-state index < -0.39 is 0 Å². The molecule has 0 amide bonds. The van der Waals surface area contributed by atoms with Gasteiger partial charge in [-0.1, -0.05) is 25.0 Å². The van der Waals surface area contributed by atoms with E-state index in [4.69, 9.17) is 0 Å². The summed E-state index contributed by atoms with van der Waals surface area (Å²) in [6, 6.07) is 9.42. The van der Waals surface area contributed by atoms with Crippen LogP contribution in [-0.4, -0.2) is 12.3 Å². The Morgan fingerprint density at radius 2 is 1.89 bits per heavy atom. The normalized spacial score (nSPS) is 28.1. The standard InChI is InChI=1S/C16H23NS/c1-18-16-8-3-2-7-15(16)17-14-6-4-5-13(11-14)12-9-10-12/h2-3,7-8,12-14,17H,4-6,9-11H2,1H3. The molecule has 2 unspecified atom stereocenters. The van der Waals surface area contributed by atoms with Crippen molar-refractivity contribution >= 4 is 17.4 Å². The highest BCUT2D eigenvalue weighted by Crippen LogP contribution is 2.44. The van der Waals surface area contributed by atoms with E-state index in [1.807, 2.05) is 11.8 Å². The van der Waals surface area contributed by atoms with Gasteiger partial charge in [0, 0.05) is 16.6 Å². The Morgan fingerprint density at radius 3 is 2.67 bits per heavy atom. The van der Waals surface area contributed by atoms with Crippen LogP contribution in [0.1, 0.15) is 38.5 Å². The third-order valence-corrected chi connectivity index (χ3v) is 5.27. The average molecular weight is 261 g/mol. The van der Waals surface area contributed by atoms with Crippen molar-refractivity contribution in [2.75, 3.05) is 11.6 Å². The molecule has 2 atom stereocenters. The number of hydrogen-bond acceptors (Lipinski definition) is 2. The molecule has 0 bridgehead atoms. The first-order chi connectivity index (χ1) is 8.86. The van der Waals surface area contributed by atoms with Crippen molar-refractivity contribution in [1.29, 1.82) is 0 Å². The summed E-state index contributed by atoms with van der Waals surface area (Å²) < 4.78 is 0. The first-order valence-corrected chi connectivity index (χ1v) is 8.49. The van der Waals surface area contributed by atoms with Gasteiger partial charge >= 0.3 is 0 Å². The zero-order valence-electron chi connectivity index (χ0n) is 11.2. The predicted octanol–water partition coefficient (Wildman–Crippen LogP) is 4.79. The summed E-state index contributed by atoms with van der Waals surface area (Å²) in [5.41, 5.74) is 1.34. The zero-order chi connectivity index (χ0) is 12.4. The fourth-order valence-corrected chi connectivity index (χ4v) is 3.90.